The Morgan fingerprint density at radius 1 is 1.02 bits per heavy atom. The summed E-state index contributed by atoms with van der Waals surface area (Å²) in [5, 5.41) is 3.53. The second-order valence-corrected chi connectivity index (χ2v) is 10.2. The first-order valence-corrected chi connectivity index (χ1v) is 13.9. The molecule has 1 unspecified atom stereocenters. The van der Waals surface area contributed by atoms with Crippen LogP contribution in [-0.2, 0) is 11.3 Å². The van der Waals surface area contributed by atoms with Crippen LogP contribution in [0.25, 0.3) is 11.1 Å². The van der Waals surface area contributed by atoms with Crippen molar-refractivity contribution >= 4 is 17.5 Å². The molecule has 40 heavy (non-hydrogen) atoms. The molecule has 0 bridgehead atoms. The zero-order valence-electron chi connectivity index (χ0n) is 23.5. The number of halogens is 1. The first kappa shape index (κ1) is 29.1. The number of rotatable bonds is 13. The normalized spacial score (nSPS) is 16.8. The van der Waals surface area contributed by atoms with E-state index >= 15 is 0 Å². The average molecular weight is 548 g/mol. The summed E-state index contributed by atoms with van der Waals surface area (Å²) < 4.78 is 25.5. The summed E-state index contributed by atoms with van der Waals surface area (Å²) in [7, 11) is 0. The van der Waals surface area contributed by atoms with Crippen molar-refractivity contribution < 1.29 is 23.5 Å². The molecule has 0 saturated carbocycles. The molecule has 3 aromatic rings. The quantitative estimate of drug-likeness (QED) is 0.268. The summed E-state index contributed by atoms with van der Waals surface area (Å²) in [5.74, 6) is 0.638. The fourth-order valence-corrected chi connectivity index (χ4v) is 5.31. The van der Waals surface area contributed by atoms with Crippen LogP contribution >= 0.6 is 0 Å². The van der Waals surface area contributed by atoms with Crippen molar-refractivity contribution in [2.75, 3.05) is 31.2 Å². The zero-order valence-corrected chi connectivity index (χ0v) is 23.5. The Labute approximate surface area is 235 Å². The fourth-order valence-electron chi connectivity index (χ4n) is 5.31. The van der Waals surface area contributed by atoms with Gasteiger partial charge in [0.2, 0.25) is 11.8 Å². The van der Waals surface area contributed by atoms with Crippen molar-refractivity contribution in [1.82, 2.24) is 5.32 Å². The average Bonchev–Trinajstić information content (AvgIpc) is 3.29. The Balaban J connectivity index is 1.45. The van der Waals surface area contributed by atoms with Crippen molar-refractivity contribution in [1.29, 1.82) is 0 Å². The number of primary amides is 1. The number of hydrogen-bond donors (Lipinski definition) is 2. The Morgan fingerprint density at radius 2 is 1.70 bits per heavy atom. The number of amides is 2. The molecule has 1 saturated heterocycles. The minimum absolute atomic E-state index is 0.0579. The topological polar surface area (TPSA) is 93.9 Å². The number of nitrogens with two attached hydrogens (primary N) is 1. The molecule has 7 nitrogen and oxygen atoms in total. The SMILES string of the molecule is CCOc1cc(CNCCC2(CC)CC(=O)N(c3cccc(C(N)=O)c3)C2)cc(OCC)c1-c1ccc(F)cc1. The van der Waals surface area contributed by atoms with E-state index in [2.05, 4.69) is 12.2 Å². The largest absolute Gasteiger partial charge is 0.493 e. The molecule has 0 aliphatic carbocycles. The highest BCUT2D eigenvalue weighted by molar-refractivity contribution is 5.99. The third kappa shape index (κ3) is 6.62. The van der Waals surface area contributed by atoms with Crippen LogP contribution in [0.2, 0.25) is 0 Å². The van der Waals surface area contributed by atoms with Crippen molar-refractivity contribution in [3.63, 3.8) is 0 Å². The maximum absolute atomic E-state index is 13.6. The van der Waals surface area contributed by atoms with Gasteiger partial charge in [0.25, 0.3) is 0 Å². The molecule has 2 amide bonds. The van der Waals surface area contributed by atoms with E-state index in [9.17, 15) is 14.0 Å². The van der Waals surface area contributed by atoms with Crippen LogP contribution in [0.3, 0.4) is 0 Å². The van der Waals surface area contributed by atoms with E-state index in [1.165, 1.54) is 12.1 Å². The molecule has 3 aromatic carbocycles. The van der Waals surface area contributed by atoms with E-state index in [-0.39, 0.29) is 17.1 Å². The van der Waals surface area contributed by atoms with Crippen LogP contribution in [0.15, 0.2) is 60.7 Å². The predicted molar refractivity (Wildman–Crippen MR) is 155 cm³/mol. The number of nitrogens with zero attached hydrogens (tertiary/aromatic N) is 1. The Morgan fingerprint density at radius 3 is 2.30 bits per heavy atom. The van der Waals surface area contributed by atoms with Crippen LogP contribution in [-0.4, -0.2) is 38.1 Å². The highest BCUT2D eigenvalue weighted by Crippen LogP contribution is 2.41. The highest BCUT2D eigenvalue weighted by Gasteiger charge is 2.42. The standard InChI is InChI=1S/C32H38FN3O4/c1-4-32(19-29(37)36(21-32)26-9-7-8-24(18-26)31(34)38)14-15-35-20-22-16-27(39-5-2)30(28(17-22)40-6-3)23-10-12-25(33)13-11-23/h7-13,16-18,35H,4-6,14-15,19-21H2,1-3H3,(H2,34,38). The Hall–Kier alpha value is -3.91. The molecule has 1 fully saturated rings. The van der Waals surface area contributed by atoms with Crippen LogP contribution in [0.5, 0.6) is 11.5 Å². The van der Waals surface area contributed by atoms with Crippen LogP contribution in [0.4, 0.5) is 10.1 Å². The monoisotopic (exact) mass is 547 g/mol. The Bertz CT molecular complexity index is 1320. The summed E-state index contributed by atoms with van der Waals surface area (Å²) in [6.45, 7) is 8.88. The smallest absolute Gasteiger partial charge is 0.248 e. The van der Waals surface area contributed by atoms with Crippen LogP contribution in [0, 0.1) is 11.2 Å². The zero-order chi connectivity index (χ0) is 28.7. The molecular formula is C32H38FN3O4. The summed E-state index contributed by atoms with van der Waals surface area (Å²) in [6.07, 6.45) is 2.15. The third-order valence-corrected chi connectivity index (χ3v) is 7.53. The number of carbonyl (C=O) groups is 2. The molecule has 0 aromatic heterocycles. The first-order chi connectivity index (χ1) is 19.3. The summed E-state index contributed by atoms with van der Waals surface area (Å²) in [4.78, 5) is 26.4. The van der Waals surface area contributed by atoms with Gasteiger partial charge in [0, 0.05) is 30.8 Å². The molecule has 8 heteroatoms. The molecule has 1 atom stereocenters. The molecule has 0 spiro atoms. The molecule has 3 N–H and O–H groups in total. The van der Waals surface area contributed by atoms with Crippen LogP contribution < -0.4 is 25.4 Å². The van der Waals surface area contributed by atoms with Gasteiger partial charge in [-0.05, 0) is 92.2 Å². The van der Waals surface area contributed by atoms with Gasteiger partial charge in [-0.25, -0.2) is 4.39 Å². The second kappa shape index (κ2) is 13.0. The number of ether oxygens (including phenoxy) is 2. The van der Waals surface area contributed by atoms with Crippen molar-refractivity contribution in [2.45, 2.75) is 46.6 Å². The lowest BCUT2D eigenvalue weighted by atomic mass is 9.81. The summed E-state index contributed by atoms with van der Waals surface area (Å²) in [6, 6.07) is 17.3. The number of benzene rings is 3. The minimum atomic E-state index is -0.509. The van der Waals surface area contributed by atoms with E-state index in [1.54, 1.807) is 35.2 Å². The van der Waals surface area contributed by atoms with Gasteiger partial charge in [-0.1, -0.05) is 25.1 Å². The fraction of sp³-hybridized carbons (Fsp3) is 0.375. The van der Waals surface area contributed by atoms with Gasteiger partial charge in [0.15, 0.2) is 0 Å². The van der Waals surface area contributed by atoms with E-state index in [0.717, 1.165) is 36.1 Å². The van der Waals surface area contributed by atoms with Crippen molar-refractivity contribution in [3.05, 3.63) is 77.6 Å². The van der Waals surface area contributed by atoms with Gasteiger partial charge >= 0.3 is 0 Å². The Kier molecular flexibility index (Phi) is 9.42. The maximum atomic E-state index is 13.6. The molecule has 1 aliphatic rings. The molecule has 4 rings (SSSR count). The maximum Gasteiger partial charge on any atom is 0.248 e. The molecule has 1 heterocycles. The van der Waals surface area contributed by atoms with E-state index in [1.807, 2.05) is 32.0 Å². The summed E-state index contributed by atoms with van der Waals surface area (Å²) >= 11 is 0. The molecular weight excluding hydrogens is 509 g/mol. The van der Waals surface area contributed by atoms with Gasteiger partial charge < -0.3 is 25.4 Å². The van der Waals surface area contributed by atoms with E-state index < -0.39 is 5.91 Å². The second-order valence-electron chi connectivity index (χ2n) is 10.2. The lowest BCUT2D eigenvalue weighted by Crippen LogP contribution is -2.31. The highest BCUT2D eigenvalue weighted by atomic mass is 19.1. The summed E-state index contributed by atoms with van der Waals surface area (Å²) in [5.41, 5.74) is 9.02. The lowest BCUT2D eigenvalue weighted by Gasteiger charge is -2.28. The molecule has 212 valence electrons. The van der Waals surface area contributed by atoms with Gasteiger partial charge in [-0.2, -0.15) is 0 Å². The number of nitrogens with one attached hydrogen (secondary N) is 1. The van der Waals surface area contributed by atoms with Crippen molar-refractivity contribution in [2.24, 2.45) is 11.1 Å². The van der Waals surface area contributed by atoms with Gasteiger partial charge in [0.05, 0.1) is 18.8 Å². The van der Waals surface area contributed by atoms with Crippen LogP contribution in [0.1, 0.15) is 56.0 Å². The van der Waals surface area contributed by atoms with Gasteiger partial charge in [-0.15, -0.1) is 0 Å². The van der Waals surface area contributed by atoms with Gasteiger partial charge in [-0.3, -0.25) is 9.59 Å². The number of hydrogen-bond acceptors (Lipinski definition) is 5. The number of carbonyl (C=O) groups excluding carboxylic acids is 2. The first-order valence-electron chi connectivity index (χ1n) is 13.9. The predicted octanol–water partition coefficient (Wildman–Crippen LogP) is 5.70. The van der Waals surface area contributed by atoms with E-state index in [0.29, 0.717) is 55.5 Å². The third-order valence-electron chi connectivity index (χ3n) is 7.53. The number of anilines is 1. The minimum Gasteiger partial charge on any atom is -0.493 e. The van der Waals surface area contributed by atoms with E-state index in [4.69, 9.17) is 15.2 Å². The van der Waals surface area contributed by atoms with Crippen molar-refractivity contribution in [3.8, 4) is 22.6 Å². The molecule has 1 aliphatic heterocycles. The lowest BCUT2D eigenvalue weighted by molar-refractivity contribution is -0.117. The molecule has 0 radical (unpaired) electrons. The van der Waals surface area contributed by atoms with Gasteiger partial charge in [0.1, 0.15) is 17.3 Å².